The van der Waals surface area contributed by atoms with E-state index in [0.717, 1.165) is 18.6 Å². The molecule has 0 atom stereocenters. The highest BCUT2D eigenvalue weighted by Gasteiger charge is 2.20. The van der Waals surface area contributed by atoms with Gasteiger partial charge in [-0.05, 0) is 72.1 Å². The lowest BCUT2D eigenvalue weighted by Crippen LogP contribution is -2.22. The molecule has 0 amide bonds. The van der Waals surface area contributed by atoms with Crippen LogP contribution in [0.5, 0.6) is 11.5 Å². The summed E-state index contributed by atoms with van der Waals surface area (Å²) in [7, 11) is 0. The van der Waals surface area contributed by atoms with E-state index in [0.29, 0.717) is 29.0 Å². The molecule has 2 aromatic carbocycles. The summed E-state index contributed by atoms with van der Waals surface area (Å²) in [4.78, 5) is 0. The van der Waals surface area contributed by atoms with Crippen molar-refractivity contribution in [2.75, 3.05) is 13.2 Å². The van der Waals surface area contributed by atoms with Gasteiger partial charge in [-0.25, -0.2) is 0 Å². The van der Waals surface area contributed by atoms with Crippen molar-refractivity contribution in [1.29, 1.82) is 0 Å². The monoisotopic (exact) mass is 422 g/mol. The van der Waals surface area contributed by atoms with Crippen LogP contribution in [0.2, 0.25) is 10.0 Å². The van der Waals surface area contributed by atoms with Crippen molar-refractivity contribution in [2.24, 2.45) is 10.8 Å². The Hall–Kier alpha value is -1.38. The van der Waals surface area contributed by atoms with Gasteiger partial charge in [-0.2, -0.15) is 0 Å². The molecule has 0 heterocycles. The second-order valence-electron chi connectivity index (χ2n) is 9.50. The highest BCUT2D eigenvalue weighted by Crippen LogP contribution is 2.29. The quantitative estimate of drug-likeness (QED) is 0.432. The minimum absolute atomic E-state index is 0.0174. The fourth-order valence-electron chi connectivity index (χ4n) is 2.74. The Labute approximate surface area is 180 Å². The summed E-state index contributed by atoms with van der Waals surface area (Å²) >= 11 is 12.1. The zero-order valence-corrected chi connectivity index (χ0v) is 19.4. The Morgan fingerprint density at radius 2 is 1.39 bits per heavy atom. The van der Waals surface area contributed by atoms with Crippen LogP contribution in [0.4, 0.5) is 0 Å². The van der Waals surface area contributed by atoms with E-state index in [-0.39, 0.29) is 10.8 Å². The molecule has 2 rings (SSSR count). The highest BCUT2D eigenvalue weighted by atomic mass is 35.5. The Balaban J connectivity index is 1.95. The van der Waals surface area contributed by atoms with E-state index in [9.17, 15) is 0 Å². The molecule has 2 aromatic rings. The maximum Gasteiger partial charge on any atom is 0.122 e. The van der Waals surface area contributed by atoms with Crippen molar-refractivity contribution in [2.45, 2.75) is 54.4 Å². The fourth-order valence-corrected chi connectivity index (χ4v) is 3.25. The predicted molar refractivity (Wildman–Crippen MR) is 120 cm³/mol. The molecule has 0 aliphatic heterocycles. The van der Waals surface area contributed by atoms with E-state index in [1.54, 1.807) is 18.2 Å². The van der Waals surface area contributed by atoms with Gasteiger partial charge >= 0.3 is 0 Å². The minimum Gasteiger partial charge on any atom is -0.493 e. The van der Waals surface area contributed by atoms with Gasteiger partial charge < -0.3 is 9.47 Å². The summed E-state index contributed by atoms with van der Waals surface area (Å²) in [6, 6.07) is 11.7. The first-order valence-corrected chi connectivity index (χ1v) is 10.5. The van der Waals surface area contributed by atoms with Crippen molar-refractivity contribution in [3.8, 4) is 11.5 Å². The van der Waals surface area contributed by atoms with Crippen LogP contribution in [0.25, 0.3) is 0 Å². The smallest absolute Gasteiger partial charge is 0.122 e. The summed E-state index contributed by atoms with van der Waals surface area (Å²) in [6.07, 6.45) is 1.98. The lowest BCUT2D eigenvalue weighted by molar-refractivity contribution is 0.170. The van der Waals surface area contributed by atoms with Crippen LogP contribution >= 0.6 is 23.2 Å². The number of halogens is 2. The molecule has 0 bridgehead atoms. The van der Waals surface area contributed by atoms with Crippen LogP contribution in [0.15, 0.2) is 36.4 Å². The Bertz CT molecular complexity index is 771. The standard InChI is InChI=1S/C24H32Cl2O2/c1-17-7-8-21(27-15-23(2,3)4)11-18(17)9-10-24(5,6)16-28-22-13-19(25)12-20(26)14-22/h7-8,11-14H,9-10,15-16H2,1-6H3. The lowest BCUT2D eigenvalue weighted by atomic mass is 9.86. The van der Waals surface area contributed by atoms with E-state index in [1.807, 2.05) is 0 Å². The zero-order valence-electron chi connectivity index (χ0n) is 17.9. The van der Waals surface area contributed by atoms with Crippen LogP contribution in [-0.4, -0.2) is 13.2 Å². The number of benzene rings is 2. The van der Waals surface area contributed by atoms with Gasteiger partial charge in [0.2, 0.25) is 0 Å². The van der Waals surface area contributed by atoms with Gasteiger partial charge in [-0.15, -0.1) is 0 Å². The van der Waals surface area contributed by atoms with Crippen LogP contribution in [0.3, 0.4) is 0 Å². The molecule has 0 fully saturated rings. The van der Waals surface area contributed by atoms with Crippen molar-refractivity contribution in [3.63, 3.8) is 0 Å². The van der Waals surface area contributed by atoms with Gasteiger partial charge in [0, 0.05) is 10.0 Å². The maximum atomic E-state index is 6.05. The molecular weight excluding hydrogens is 391 g/mol. The van der Waals surface area contributed by atoms with Crippen LogP contribution < -0.4 is 9.47 Å². The molecule has 4 heteroatoms. The van der Waals surface area contributed by atoms with Crippen molar-refractivity contribution in [1.82, 2.24) is 0 Å². The molecular formula is C24H32Cl2O2. The van der Waals surface area contributed by atoms with Gasteiger partial charge in [-0.3, -0.25) is 0 Å². The molecule has 28 heavy (non-hydrogen) atoms. The van der Waals surface area contributed by atoms with E-state index >= 15 is 0 Å². The van der Waals surface area contributed by atoms with Gasteiger partial charge in [-0.1, -0.05) is 63.9 Å². The van der Waals surface area contributed by atoms with Gasteiger partial charge in [0.25, 0.3) is 0 Å². The fraction of sp³-hybridized carbons (Fsp3) is 0.500. The molecule has 0 aliphatic rings. The summed E-state index contributed by atoms with van der Waals surface area (Å²) in [5, 5.41) is 1.17. The number of rotatable bonds is 8. The third-order valence-corrected chi connectivity index (χ3v) is 4.97. The summed E-state index contributed by atoms with van der Waals surface area (Å²) in [5.41, 5.74) is 2.78. The SMILES string of the molecule is Cc1ccc(OCC(C)(C)C)cc1CCC(C)(C)COc1cc(Cl)cc(Cl)c1. The number of hydrogen-bond donors (Lipinski definition) is 0. The van der Waals surface area contributed by atoms with Crippen LogP contribution in [0.1, 0.15) is 52.2 Å². The zero-order chi connectivity index (χ0) is 20.9. The highest BCUT2D eigenvalue weighted by molar-refractivity contribution is 6.34. The van der Waals surface area contributed by atoms with Crippen LogP contribution in [0, 0.1) is 17.8 Å². The first-order valence-electron chi connectivity index (χ1n) is 9.75. The van der Waals surface area contributed by atoms with E-state index in [1.165, 1.54) is 11.1 Å². The number of hydrogen-bond acceptors (Lipinski definition) is 2. The second kappa shape index (κ2) is 9.41. The molecule has 2 nitrogen and oxygen atoms in total. The van der Waals surface area contributed by atoms with E-state index < -0.39 is 0 Å². The van der Waals surface area contributed by atoms with Gasteiger partial charge in [0.05, 0.1) is 13.2 Å². The third-order valence-electron chi connectivity index (χ3n) is 4.53. The average Bonchev–Trinajstić information content (AvgIpc) is 2.57. The lowest BCUT2D eigenvalue weighted by Gasteiger charge is -2.25. The first-order chi connectivity index (χ1) is 12.9. The molecule has 0 aliphatic carbocycles. The minimum atomic E-state index is 0.0174. The van der Waals surface area contributed by atoms with E-state index in [2.05, 4.69) is 59.7 Å². The van der Waals surface area contributed by atoms with Crippen molar-refractivity contribution < 1.29 is 9.47 Å². The average molecular weight is 423 g/mol. The molecule has 0 spiro atoms. The first kappa shape index (κ1) is 22.9. The summed E-state index contributed by atoms with van der Waals surface area (Å²) in [5.74, 6) is 1.65. The normalized spacial score (nSPS) is 12.1. The van der Waals surface area contributed by atoms with Gasteiger partial charge in [0.15, 0.2) is 0 Å². The number of aryl methyl sites for hydroxylation is 2. The van der Waals surface area contributed by atoms with Crippen molar-refractivity contribution >= 4 is 23.2 Å². The predicted octanol–water partition coefficient (Wildman–Crippen LogP) is 7.76. The Morgan fingerprint density at radius 3 is 2.00 bits per heavy atom. The molecule has 0 unspecified atom stereocenters. The topological polar surface area (TPSA) is 18.5 Å². The summed E-state index contributed by atoms with van der Waals surface area (Å²) < 4.78 is 11.9. The maximum absolute atomic E-state index is 6.05. The molecule has 0 N–H and O–H groups in total. The van der Waals surface area contributed by atoms with Crippen LogP contribution in [-0.2, 0) is 6.42 Å². The Morgan fingerprint density at radius 1 is 0.786 bits per heavy atom. The van der Waals surface area contributed by atoms with Gasteiger partial charge in [0.1, 0.15) is 11.5 Å². The molecule has 0 aromatic heterocycles. The summed E-state index contributed by atoms with van der Waals surface area (Å²) in [6.45, 7) is 14.4. The largest absolute Gasteiger partial charge is 0.493 e. The molecule has 154 valence electrons. The number of ether oxygens (including phenoxy) is 2. The second-order valence-corrected chi connectivity index (χ2v) is 10.4. The molecule has 0 saturated carbocycles. The van der Waals surface area contributed by atoms with E-state index in [4.69, 9.17) is 32.7 Å². The Kier molecular flexibility index (Phi) is 7.70. The third kappa shape index (κ3) is 7.93. The molecule has 0 saturated heterocycles. The van der Waals surface area contributed by atoms with Crippen molar-refractivity contribution in [3.05, 3.63) is 57.6 Å². The molecule has 0 radical (unpaired) electrons.